The zero-order valence-corrected chi connectivity index (χ0v) is 11.6. The van der Waals surface area contributed by atoms with E-state index in [4.69, 9.17) is 5.73 Å². The van der Waals surface area contributed by atoms with Crippen molar-refractivity contribution in [2.75, 3.05) is 0 Å². The van der Waals surface area contributed by atoms with Crippen LogP contribution in [0.15, 0.2) is 16.6 Å². The van der Waals surface area contributed by atoms with E-state index in [9.17, 15) is 9.50 Å². The van der Waals surface area contributed by atoms with Crippen LogP contribution in [0, 0.1) is 11.7 Å². The molecule has 0 heterocycles. The molecule has 1 aromatic carbocycles. The summed E-state index contributed by atoms with van der Waals surface area (Å²) in [6.07, 6.45) is 0.756. The third-order valence-corrected chi connectivity index (χ3v) is 2.98. The van der Waals surface area contributed by atoms with E-state index in [0.717, 1.165) is 6.42 Å². The summed E-state index contributed by atoms with van der Waals surface area (Å²) in [6.45, 7) is 4.10. The van der Waals surface area contributed by atoms with Crippen LogP contribution >= 0.6 is 28.3 Å². The Labute approximate surface area is 110 Å². The van der Waals surface area contributed by atoms with Crippen molar-refractivity contribution in [3.05, 3.63) is 28.0 Å². The monoisotopic (exact) mass is 311 g/mol. The Morgan fingerprint density at radius 3 is 2.50 bits per heavy atom. The average molecular weight is 313 g/mol. The molecule has 0 aliphatic rings. The summed E-state index contributed by atoms with van der Waals surface area (Å²) in [7, 11) is 0. The number of rotatable bonds is 3. The zero-order chi connectivity index (χ0) is 11.6. The van der Waals surface area contributed by atoms with Gasteiger partial charge in [-0.1, -0.05) is 19.9 Å². The van der Waals surface area contributed by atoms with E-state index in [1.807, 2.05) is 0 Å². The van der Waals surface area contributed by atoms with Crippen LogP contribution in [-0.4, -0.2) is 5.11 Å². The van der Waals surface area contributed by atoms with Crippen molar-refractivity contribution in [2.45, 2.75) is 26.3 Å². The topological polar surface area (TPSA) is 46.2 Å². The maximum Gasteiger partial charge on any atom is 0.141 e. The summed E-state index contributed by atoms with van der Waals surface area (Å²) >= 11 is 2.98. The Balaban J connectivity index is 0.00000225. The number of phenolic OH excluding ortho intramolecular Hbond substituents is 1. The smallest absolute Gasteiger partial charge is 0.141 e. The van der Waals surface area contributed by atoms with Crippen LogP contribution in [0.2, 0.25) is 0 Å². The first kappa shape index (κ1) is 15.7. The van der Waals surface area contributed by atoms with Crippen LogP contribution in [0.3, 0.4) is 0 Å². The van der Waals surface area contributed by atoms with Crippen LogP contribution in [0.25, 0.3) is 0 Å². The van der Waals surface area contributed by atoms with Crippen LogP contribution in [-0.2, 0) is 0 Å². The molecule has 5 heteroatoms. The molecule has 1 rings (SSSR count). The number of hydrogen-bond donors (Lipinski definition) is 2. The molecule has 3 N–H and O–H groups in total. The van der Waals surface area contributed by atoms with E-state index in [1.165, 1.54) is 12.1 Å². The Hall–Kier alpha value is -0.320. The molecule has 0 unspecified atom stereocenters. The van der Waals surface area contributed by atoms with Gasteiger partial charge in [0.15, 0.2) is 0 Å². The number of aromatic hydroxyl groups is 1. The highest BCUT2D eigenvalue weighted by atomic mass is 79.9. The second kappa shape index (κ2) is 6.42. The standard InChI is InChI=1S/C11H15BrFNO.ClH/c1-6(2)5-9(14)7-3-4-8(13)10(12)11(7)15;/h3-4,6,9,15H,5,14H2,1-2H3;1H/t9-;/m0./s1. The van der Waals surface area contributed by atoms with Gasteiger partial charge in [0.25, 0.3) is 0 Å². The molecule has 2 nitrogen and oxygen atoms in total. The van der Waals surface area contributed by atoms with Gasteiger partial charge in [0.2, 0.25) is 0 Å². The van der Waals surface area contributed by atoms with Gasteiger partial charge in [-0.3, -0.25) is 0 Å². The quantitative estimate of drug-likeness (QED) is 0.892. The Bertz CT molecular complexity index is 360. The molecule has 0 bridgehead atoms. The summed E-state index contributed by atoms with van der Waals surface area (Å²) in [4.78, 5) is 0. The first-order chi connectivity index (χ1) is 6.93. The summed E-state index contributed by atoms with van der Waals surface area (Å²) in [5.41, 5.74) is 6.49. The lowest BCUT2D eigenvalue weighted by atomic mass is 9.97. The summed E-state index contributed by atoms with van der Waals surface area (Å²) in [6, 6.07) is 2.57. The van der Waals surface area contributed by atoms with Crippen LogP contribution in [0.4, 0.5) is 4.39 Å². The Morgan fingerprint density at radius 2 is 2.00 bits per heavy atom. The van der Waals surface area contributed by atoms with Crippen molar-refractivity contribution in [3.63, 3.8) is 0 Å². The Morgan fingerprint density at radius 1 is 1.44 bits per heavy atom. The SMILES string of the molecule is CC(C)C[C@H](N)c1ccc(F)c(Br)c1O.Cl. The number of phenols is 1. The highest BCUT2D eigenvalue weighted by Crippen LogP contribution is 2.34. The molecule has 1 atom stereocenters. The first-order valence-electron chi connectivity index (χ1n) is 4.86. The summed E-state index contributed by atoms with van der Waals surface area (Å²) < 4.78 is 13.1. The highest BCUT2D eigenvalue weighted by Gasteiger charge is 2.16. The number of benzene rings is 1. The Kier molecular flexibility index (Phi) is 6.30. The van der Waals surface area contributed by atoms with Crippen molar-refractivity contribution < 1.29 is 9.50 Å². The minimum atomic E-state index is -0.479. The molecule has 0 radical (unpaired) electrons. The lowest BCUT2D eigenvalue weighted by Crippen LogP contribution is -2.13. The number of halogens is 3. The molecule has 0 aliphatic carbocycles. The number of hydrogen-bond acceptors (Lipinski definition) is 2. The first-order valence-corrected chi connectivity index (χ1v) is 5.65. The van der Waals surface area contributed by atoms with Crippen LogP contribution < -0.4 is 5.73 Å². The minimum Gasteiger partial charge on any atom is -0.506 e. The largest absolute Gasteiger partial charge is 0.506 e. The predicted octanol–water partition coefficient (Wildman–Crippen LogP) is 3.76. The number of nitrogens with two attached hydrogens (primary N) is 1. The molecule has 0 aliphatic heterocycles. The van der Waals surface area contributed by atoms with E-state index in [2.05, 4.69) is 29.8 Å². The molecule has 1 aromatic rings. The maximum absolute atomic E-state index is 13.0. The van der Waals surface area contributed by atoms with Gasteiger partial charge in [0, 0.05) is 11.6 Å². The molecular weight excluding hydrogens is 296 g/mol. The molecule has 0 aromatic heterocycles. The van der Waals surface area contributed by atoms with E-state index in [1.54, 1.807) is 0 Å². The lowest BCUT2D eigenvalue weighted by molar-refractivity contribution is 0.436. The summed E-state index contributed by atoms with van der Waals surface area (Å²) in [5.74, 6) is -0.139. The van der Waals surface area contributed by atoms with Crippen molar-refractivity contribution in [2.24, 2.45) is 11.7 Å². The van der Waals surface area contributed by atoms with Gasteiger partial charge >= 0.3 is 0 Å². The lowest BCUT2D eigenvalue weighted by Gasteiger charge is -2.16. The summed E-state index contributed by atoms with van der Waals surface area (Å²) in [5, 5.41) is 9.69. The fourth-order valence-corrected chi connectivity index (χ4v) is 1.85. The van der Waals surface area contributed by atoms with E-state index < -0.39 is 5.82 Å². The molecule has 92 valence electrons. The third-order valence-electron chi connectivity index (χ3n) is 2.23. The van der Waals surface area contributed by atoms with Crippen molar-refractivity contribution in [1.82, 2.24) is 0 Å². The van der Waals surface area contributed by atoms with Crippen molar-refractivity contribution in [1.29, 1.82) is 0 Å². The van der Waals surface area contributed by atoms with Crippen molar-refractivity contribution in [3.8, 4) is 5.75 Å². The second-order valence-corrected chi connectivity index (χ2v) is 4.83. The fraction of sp³-hybridized carbons (Fsp3) is 0.455. The van der Waals surface area contributed by atoms with Gasteiger partial charge in [-0.25, -0.2) is 4.39 Å². The third kappa shape index (κ3) is 3.61. The van der Waals surface area contributed by atoms with Gasteiger partial charge in [-0.15, -0.1) is 12.4 Å². The van der Waals surface area contributed by atoms with Gasteiger partial charge in [0.05, 0.1) is 4.47 Å². The molecule has 0 saturated heterocycles. The molecule has 0 fully saturated rings. The molecule has 0 saturated carbocycles. The van der Waals surface area contributed by atoms with Gasteiger partial charge in [-0.05, 0) is 34.3 Å². The maximum atomic E-state index is 13.0. The molecule has 16 heavy (non-hydrogen) atoms. The van der Waals surface area contributed by atoms with Gasteiger partial charge in [-0.2, -0.15) is 0 Å². The van der Waals surface area contributed by atoms with Crippen LogP contribution in [0.1, 0.15) is 31.9 Å². The van der Waals surface area contributed by atoms with Crippen LogP contribution in [0.5, 0.6) is 5.75 Å². The molecule has 0 amide bonds. The highest BCUT2D eigenvalue weighted by molar-refractivity contribution is 9.10. The minimum absolute atomic E-state index is 0. The van der Waals surface area contributed by atoms with E-state index >= 15 is 0 Å². The predicted molar refractivity (Wildman–Crippen MR) is 69.4 cm³/mol. The zero-order valence-electron chi connectivity index (χ0n) is 9.21. The fourth-order valence-electron chi connectivity index (χ4n) is 1.49. The molecular formula is C11H16BrClFNO. The average Bonchev–Trinajstić information content (AvgIpc) is 2.13. The normalized spacial score (nSPS) is 12.4. The van der Waals surface area contributed by atoms with Gasteiger partial charge < -0.3 is 10.8 Å². The molecule has 0 spiro atoms. The van der Waals surface area contributed by atoms with Gasteiger partial charge in [0.1, 0.15) is 11.6 Å². The van der Waals surface area contributed by atoms with E-state index in [0.29, 0.717) is 11.5 Å². The van der Waals surface area contributed by atoms with E-state index in [-0.39, 0.29) is 28.7 Å². The van der Waals surface area contributed by atoms with Crippen molar-refractivity contribution >= 4 is 28.3 Å². The second-order valence-electron chi connectivity index (χ2n) is 4.04.